The van der Waals surface area contributed by atoms with Crippen LogP contribution in [0.2, 0.25) is 0 Å². The van der Waals surface area contributed by atoms with Crippen molar-refractivity contribution in [1.29, 1.82) is 0 Å². The molecule has 0 radical (unpaired) electrons. The van der Waals surface area contributed by atoms with Gasteiger partial charge in [-0.25, -0.2) is 4.98 Å². The second-order valence-corrected chi connectivity index (χ2v) is 10.1. The molecular weight excluding hydrogens is 431 g/mol. The number of rotatable bonds is 5. The Balaban J connectivity index is 1.33. The van der Waals surface area contributed by atoms with Crippen LogP contribution in [0, 0.1) is 11.8 Å². The number of piperidine rings is 1. The van der Waals surface area contributed by atoms with Gasteiger partial charge in [0.2, 0.25) is 0 Å². The first-order valence-electron chi connectivity index (χ1n) is 11.9. The van der Waals surface area contributed by atoms with E-state index >= 15 is 0 Å². The number of hydrogen-bond donors (Lipinski definition) is 1. The predicted molar refractivity (Wildman–Crippen MR) is 120 cm³/mol. The van der Waals surface area contributed by atoms with Crippen LogP contribution in [-0.2, 0) is 10.9 Å². The van der Waals surface area contributed by atoms with Gasteiger partial charge in [-0.2, -0.15) is 18.3 Å². The number of hydrogen-bond acceptors (Lipinski definition) is 5. The van der Waals surface area contributed by atoms with E-state index in [-0.39, 0.29) is 6.04 Å². The van der Waals surface area contributed by atoms with E-state index in [1.807, 2.05) is 10.7 Å². The summed E-state index contributed by atoms with van der Waals surface area (Å²) in [6.45, 7) is 6.33. The van der Waals surface area contributed by atoms with Gasteiger partial charge < -0.3 is 15.4 Å². The summed E-state index contributed by atoms with van der Waals surface area (Å²) in [5.74, 6) is 1.19. The molecule has 2 aromatic rings. The minimum absolute atomic E-state index is 0.128. The third-order valence-electron chi connectivity index (χ3n) is 7.86. The van der Waals surface area contributed by atoms with Crippen molar-refractivity contribution in [1.82, 2.24) is 19.7 Å². The summed E-state index contributed by atoms with van der Waals surface area (Å²) in [5, 5.41) is 4.69. The van der Waals surface area contributed by atoms with Gasteiger partial charge in [0.1, 0.15) is 5.82 Å². The lowest BCUT2D eigenvalue weighted by atomic mass is 9.99. The zero-order valence-corrected chi connectivity index (χ0v) is 19.3. The average molecular weight is 464 g/mol. The Morgan fingerprint density at radius 2 is 1.79 bits per heavy atom. The highest BCUT2D eigenvalue weighted by Crippen LogP contribution is 2.64. The van der Waals surface area contributed by atoms with E-state index in [2.05, 4.69) is 23.7 Å². The van der Waals surface area contributed by atoms with Crippen LogP contribution in [-0.4, -0.2) is 52.0 Å². The summed E-state index contributed by atoms with van der Waals surface area (Å²) in [4.78, 5) is 6.42. The summed E-state index contributed by atoms with van der Waals surface area (Å²) in [6, 6.07) is 3.80. The number of nitrogens with zero attached hydrogens (tertiary/aromatic N) is 4. The number of likely N-dealkylation sites (tertiary alicyclic amines) is 1. The van der Waals surface area contributed by atoms with E-state index in [1.54, 1.807) is 7.11 Å². The van der Waals surface area contributed by atoms with Crippen LogP contribution in [0.1, 0.15) is 62.7 Å². The molecule has 0 aromatic carbocycles. The van der Waals surface area contributed by atoms with Crippen molar-refractivity contribution in [3.05, 3.63) is 29.6 Å². The maximum Gasteiger partial charge on any atom is 0.419 e. The highest BCUT2D eigenvalue weighted by Gasteiger charge is 2.58. The number of aromatic nitrogens is 3. The van der Waals surface area contributed by atoms with Crippen molar-refractivity contribution in [2.75, 3.05) is 25.9 Å². The first-order valence-corrected chi connectivity index (χ1v) is 11.9. The molecule has 180 valence electrons. The van der Waals surface area contributed by atoms with E-state index in [0.717, 1.165) is 37.7 Å². The maximum absolute atomic E-state index is 13.3. The third kappa shape index (κ3) is 4.14. The molecule has 9 heteroatoms. The van der Waals surface area contributed by atoms with Gasteiger partial charge in [0, 0.05) is 55.7 Å². The highest BCUT2D eigenvalue weighted by atomic mass is 19.4. The maximum atomic E-state index is 13.3. The summed E-state index contributed by atoms with van der Waals surface area (Å²) in [7, 11) is 1.80. The lowest BCUT2D eigenvalue weighted by Gasteiger charge is -2.36. The lowest BCUT2D eigenvalue weighted by molar-refractivity contribution is -0.137. The lowest BCUT2D eigenvalue weighted by Crippen LogP contribution is -2.42. The van der Waals surface area contributed by atoms with Crippen LogP contribution in [0.25, 0.3) is 11.3 Å². The Labute approximate surface area is 192 Å². The first kappa shape index (κ1) is 22.7. The second kappa shape index (κ2) is 8.27. The predicted octanol–water partition coefficient (Wildman–Crippen LogP) is 4.73. The molecule has 3 heterocycles. The van der Waals surface area contributed by atoms with Gasteiger partial charge in [-0.3, -0.25) is 4.68 Å². The summed E-state index contributed by atoms with van der Waals surface area (Å²) in [6.07, 6.45) is 1.81. The number of ether oxygens (including phenoxy) is 1. The average Bonchev–Trinajstić information content (AvgIpc) is 3.13. The van der Waals surface area contributed by atoms with Crippen molar-refractivity contribution in [2.45, 2.75) is 69.8 Å². The van der Waals surface area contributed by atoms with Crippen molar-refractivity contribution in [2.24, 2.45) is 11.8 Å². The van der Waals surface area contributed by atoms with Crippen molar-refractivity contribution < 1.29 is 17.9 Å². The molecule has 0 amide bonds. The van der Waals surface area contributed by atoms with Crippen LogP contribution in [0.4, 0.5) is 19.0 Å². The zero-order chi connectivity index (χ0) is 23.5. The number of anilines is 1. The van der Waals surface area contributed by atoms with E-state index in [4.69, 9.17) is 15.6 Å². The van der Waals surface area contributed by atoms with Crippen molar-refractivity contribution in [3.63, 3.8) is 0 Å². The Bertz CT molecular complexity index is 1000. The fraction of sp³-hybridized carbons (Fsp3) is 0.667. The molecule has 1 aliphatic heterocycles. The minimum Gasteiger partial charge on any atom is -0.383 e. The van der Waals surface area contributed by atoms with Crippen molar-refractivity contribution >= 4 is 5.82 Å². The van der Waals surface area contributed by atoms with E-state index in [0.29, 0.717) is 41.2 Å². The molecule has 5 rings (SSSR count). The topological polar surface area (TPSA) is 69.2 Å². The molecule has 2 saturated carbocycles. The van der Waals surface area contributed by atoms with Crippen LogP contribution >= 0.6 is 0 Å². The molecule has 33 heavy (non-hydrogen) atoms. The smallest absolute Gasteiger partial charge is 0.383 e. The molecule has 1 unspecified atom stereocenters. The van der Waals surface area contributed by atoms with Crippen LogP contribution in [0.5, 0.6) is 0 Å². The number of alkyl halides is 3. The van der Waals surface area contributed by atoms with Gasteiger partial charge >= 0.3 is 6.18 Å². The number of fused-ring (bicyclic) bond motifs is 1. The quantitative estimate of drug-likeness (QED) is 0.694. The number of nitrogen functional groups attached to an aromatic ring is 1. The van der Waals surface area contributed by atoms with E-state index < -0.39 is 17.6 Å². The minimum atomic E-state index is -4.54. The molecule has 3 fully saturated rings. The van der Waals surface area contributed by atoms with Gasteiger partial charge in [0.25, 0.3) is 0 Å². The first-order chi connectivity index (χ1) is 15.7. The Morgan fingerprint density at radius 1 is 1.12 bits per heavy atom. The van der Waals surface area contributed by atoms with Gasteiger partial charge in [0.15, 0.2) is 0 Å². The van der Waals surface area contributed by atoms with Gasteiger partial charge in [0.05, 0.1) is 17.4 Å². The van der Waals surface area contributed by atoms with Gasteiger partial charge in [-0.15, -0.1) is 0 Å². The summed E-state index contributed by atoms with van der Waals surface area (Å²) >= 11 is 0. The molecule has 3 aliphatic rings. The fourth-order valence-electron chi connectivity index (χ4n) is 6.08. The second-order valence-electron chi connectivity index (χ2n) is 10.1. The molecule has 2 aromatic heterocycles. The molecule has 1 saturated heterocycles. The van der Waals surface area contributed by atoms with Crippen LogP contribution < -0.4 is 5.73 Å². The largest absolute Gasteiger partial charge is 0.419 e. The summed E-state index contributed by atoms with van der Waals surface area (Å²) < 4.78 is 47.5. The molecule has 0 bridgehead atoms. The van der Waals surface area contributed by atoms with Gasteiger partial charge in [-0.05, 0) is 63.5 Å². The van der Waals surface area contributed by atoms with Crippen molar-refractivity contribution in [3.8, 4) is 11.3 Å². The Morgan fingerprint density at radius 3 is 2.36 bits per heavy atom. The zero-order valence-electron chi connectivity index (χ0n) is 19.3. The SMILES string of the molecule is COC1CCN(C2C[C@@H]3[C@H](C2)[C@H]3c2cc(-c3cnc(N)c(C(F)(F)F)c3)nn2C(C)C)CC1. The molecule has 6 nitrogen and oxygen atoms in total. The summed E-state index contributed by atoms with van der Waals surface area (Å²) in [5.41, 5.74) is 6.58. The van der Waals surface area contributed by atoms with Crippen LogP contribution in [0.15, 0.2) is 18.3 Å². The molecular formula is C24H32F3N5O. The van der Waals surface area contributed by atoms with E-state index in [1.165, 1.54) is 19.0 Å². The molecule has 0 spiro atoms. The molecule has 2 aliphatic carbocycles. The monoisotopic (exact) mass is 463 g/mol. The number of nitrogens with two attached hydrogens (primary N) is 1. The number of halogens is 3. The molecule has 2 N–H and O–H groups in total. The Hall–Kier alpha value is -2.13. The fourth-order valence-corrected chi connectivity index (χ4v) is 6.08. The van der Waals surface area contributed by atoms with E-state index in [9.17, 15) is 13.2 Å². The highest BCUT2D eigenvalue weighted by molar-refractivity contribution is 5.63. The number of methoxy groups -OCH3 is 1. The normalized spacial score (nSPS) is 28.5. The standard InChI is InChI=1S/C24H32F3N5O/c1-13(2)32-21(11-20(30-32)14-8-19(24(25,26)27)23(28)29-12-14)22-17-9-15(10-18(17)22)31-6-4-16(33-3)5-7-31/h8,11-13,15-18,22H,4-7,9-10H2,1-3H3,(H2,28,29)/t15?,17-,18+,22+. The van der Waals surface area contributed by atoms with Gasteiger partial charge in [-0.1, -0.05) is 0 Å². The Kier molecular flexibility index (Phi) is 5.68. The third-order valence-corrected chi connectivity index (χ3v) is 7.86. The van der Waals surface area contributed by atoms with Crippen LogP contribution in [0.3, 0.4) is 0 Å². The number of pyridine rings is 1. The molecule has 4 atom stereocenters.